The minimum atomic E-state index is 0.609. The topological polar surface area (TPSA) is 12.0 Å². The van der Waals surface area contributed by atoms with Crippen molar-refractivity contribution in [1.29, 1.82) is 0 Å². The molecular weight excluding hydrogens is 230 g/mol. The largest absolute Gasteiger partial charge is 0.314 e. The zero-order valence-corrected chi connectivity index (χ0v) is 13.1. The van der Waals surface area contributed by atoms with Crippen molar-refractivity contribution in [3.05, 3.63) is 0 Å². The molecule has 110 valence electrons. The Morgan fingerprint density at radius 2 is 1.68 bits per heavy atom. The van der Waals surface area contributed by atoms with Gasteiger partial charge in [0.05, 0.1) is 0 Å². The summed E-state index contributed by atoms with van der Waals surface area (Å²) in [6.07, 6.45) is 14.9. The number of rotatable bonds is 4. The van der Waals surface area contributed by atoms with E-state index in [2.05, 4.69) is 19.2 Å². The van der Waals surface area contributed by atoms with Gasteiger partial charge < -0.3 is 5.32 Å². The monoisotopic (exact) mass is 263 g/mol. The average Bonchev–Trinajstić information content (AvgIpc) is 3.22. The smallest absolute Gasteiger partial charge is 0.00683 e. The molecule has 2 unspecified atom stereocenters. The van der Waals surface area contributed by atoms with Crippen LogP contribution in [0.2, 0.25) is 0 Å². The van der Waals surface area contributed by atoms with Crippen LogP contribution >= 0.6 is 0 Å². The average molecular weight is 263 g/mol. The summed E-state index contributed by atoms with van der Waals surface area (Å²) in [5.74, 6) is 3.06. The van der Waals surface area contributed by atoms with Crippen LogP contribution in [0.5, 0.6) is 0 Å². The fourth-order valence-corrected chi connectivity index (χ4v) is 4.67. The second-order valence-corrected chi connectivity index (χ2v) is 8.41. The highest BCUT2D eigenvalue weighted by atomic mass is 14.9. The van der Waals surface area contributed by atoms with Crippen molar-refractivity contribution in [3.8, 4) is 0 Å². The van der Waals surface area contributed by atoms with Gasteiger partial charge in [-0.05, 0) is 61.8 Å². The van der Waals surface area contributed by atoms with E-state index in [-0.39, 0.29) is 0 Å². The van der Waals surface area contributed by atoms with Gasteiger partial charge in [0.1, 0.15) is 0 Å². The van der Waals surface area contributed by atoms with E-state index in [0.717, 1.165) is 23.8 Å². The van der Waals surface area contributed by atoms with Crippen LogP contribution in [0, 0.1) is 23.2 Å². The molecule has 0 amide bonds. The first kappa shape index (κ1) is 13.9. The second-order valence-electron chi connectivity index (χ2n) is 8.41. The second kappa shape index (κ2) is 5.76. The highest BCUT2D eigenvalue weighted by molar-refractivity contribution is 4.91. The van der Waals surface area contributed by atoms with Crippen molar-refractivity contribution >= 4 is 0 Å². The van der Waals surface area contributed by atoms with Crippen LogP contribution in [0.4, 0.5) is 0 Å². The Balaban J connectivity index is 1.61. The van der Waals surface area contributed by atoms with Gasteiger partial charge in [-0.15, -0.1) is 0 Å². The van der Waals surface area contributed by atoms with Crippen LogP contribution in [0.1, 0.15) is 78.1 Å². The minimum Gasteiger partial charge on any atom is -0.314 e. The van der Waals surface area contributed by atoms with Crippen LogP contribution in [-0.2, 0) is 0 Å². The van der Waals surface area contributed by atoms with Gasteiger partial charge in [-0.2, -0.15) is 0 Å². The summed E-state index contributed by atoms with van der Waals surface area (Å²) in [7, 11) is 0. The van der Waals surface area contributed by atoms with Gasteiger partial charge >= 0.3 is 0 Å². The van der Waals surface area contributed by atoms with Crippen LogP contribution in [-0.4, -0.2) is 12.6 Å². The van der Waals surface area contributed by atoms with E-state index in [9.17, 15) is 0 Å². The van der Waals surface area contributed by atoms with Gasteiger partial charge in [0.15, 0.2) is 0 Å². The molecule has 0 aromatic carbocycles. The molecule has 3 aliphatic rings. The van der Waals surface area contributed by atoms with E-state index >= 15 is 0 Å². The Bertz CT molecular complexity index is 284. The van der Waals surface area contributed by atoms with Gasteiger partial charge in [-0.1, -0.05) is 46.0 Å². The lowest BCUT2D eigenvalue weighted by molar-refractivity contribution is 0.0574. The lowest BCUT2D eigenvalue weighted by Gasteiger charge is -2.45. The van der Waals surface area contributed by atoms with E-state index in [0.29, 0.717) is 5.41 Å². The Morgan fingerprint density at radius 3 is 2.37 bits per heavy atom. The van der Waals surface area contributed by atoms with Crippen molar-refractivity contribution in [2.75, 3.05) is 6.54 Å². The van der Waals surface area contributed by atoms with Gasteiger partial charge in [0.2, 0.25) is 0 Å². The van der Waals surface area contributed by atoms with Crippen LogP contribution < -0.4 is 5.32 Å². The highest BCUT2D eigenvalue weighted by Gasteiger charge is 2.39. The zero-order chi connectivity index (χ0) is 13.3. The van der Waals surface area contributed by atoms with Crippen molar-refractivity contribution < 1.29 is 0 Å². The summed E-state index contributed by atoms with van der Waals surface area (Å²) in [4.78, 5) is 0. The molecule has 3 saturated carbocycles. The lowest BCUT2D eigenvalue weighted by Crippen LogP contribution is -2.40. The molecule has 0 spiro atoms. The normalized spacial score (nSPS) is 36.3. The van der Waals surface area contributed by atoms with Crippen molar-refractivity contribution in [3.63, 3.8) is 0 Å². The predicted molar refractivity (Wildman–Crippen MR) is 82.2 cm³/mol. The molecule has 2 atom stereocenters. The predicted octanol–water partition coefficient (Wildman–Crippen LogP) is 4.76. The molecule has 0 heterocycles. The molecule has 19 heavy (non-hydrogen) atoms. The molecule has 0 radical (unpaired) electrons. The van der Waals surface area contributed by atoms with E-state index in [1.165, 1.54) is 70.8 Å². The number of hydrogen-bond acceptors (Lipinski definition) is 1. The van der Waals surface area contributed by atoms with Crippen LogP contribution in [0.3, 0.4) is 0 Å². The van der Waals surface area contributed by atoms with Gasteiger partial charge in [-0.25, -0.2) is 0 Å². The Morgan fingerprint density at radius 1 is 0.947 bits per heavy atom. The number of nitrogens with one attached hydrogen (secondary N) is 1. The fourth-order valence-electron chi connectivity index (χ4n) is 4.67. The van der Waals surface area contributed by atoms with Gasteiger partial charge in [0, 0.05) is 6.04 Å². The van der Waals surface area contributed by atoms with Crippen molar-refractivity contribution in [2.24, 2.45) is 23.2 Å². The Kier molecular flexibility index (Phi) is 4.22. The first-order valence-electron chi connectivity index (χ1n) is 8.87. The number of hydrogen-bond donors (Lipinski definition) is 1. The summed E-state index contributed by atoms with van der Waals surface area (Å²) >= 11 is 0. The van der Waals surface area contributed by atoms with E-state index in [4.69, 9.17) is 0 Å². The maximum absolute atomic E-state index is 3.82. The molecule has 0 bridgehead atoms. The summed E-state index contributed by atoms with van der Waals surface area (Å²) in [5, 5.41) is 3.82. The first-order valence-corrected chi connectivity index (χ1v) is 8.87. The molecule has 0 aromatic heterocycles. The zero-order valence-electron chi connectivity index (χ0n) is 13.1. The molecule has 3 rings (SSSR count). The summed E-state index contributed by atoms with van der Waals surface area (Å²) in [6.45, 7) is 6.34. The molecular formula is C18H33N. The quantitative estimate of drug-likeness (QED) is 0.771. The molecule has 1 heteroatoms. The molecule has 0 saturated heterocycles. The standard InChI is InChI=1S/C18H33N/c1-18(2)11-10-15(13-19-16-8-9-16)17(12-18)14-6-4-3-5-7-14/h14-17,19H,3-13H2,1-2H3. The molecule has 3 fully saturated rings. The minimum absolute atomic E-state index is 0.609. The lowest BCUT2D eigenvalue weighted by atomic mass is 9.61. The summed E-state index contributed by atoms with van der Waals surface area (Å²) in [5.41, 5.74) is 0.609. The van der Waals surface area contributed by atoms with E-state index in [1.54, 1.807) is 0 Å². The highest BCUT2D eigenvalue weighted by Crippen LogP contribution is 2.48. The van der Waals surface area contributed by atoms with Crippen LogP contribution in [0.25, 0.3) is 0 Å². The molecule has 1 nitrogen and oxygen atoms in total. The third kappa shape index (κ3) is 3.74. The van der Waals surface area contributed by atoms with Crippen molar-refractivity contribution in [1.82, 2.24) is 5.32 Å². The first-order chi connectivity index (χ1) is 9.14. The molecule has 3 aliphatic carbocycles. The molecule has 0 aliphatic heterocycles. The van der Waals surface area contributed by atoms with Gasteiger partial charge in [-0.3, -0.25) is 0 Å². The summed E-state index contributed by atoms with van der Waals surface area (Å²) in [6, 6.07) is 0.891. The van der Waals surface area contributed by atoms with E-state index < -0.39 is 0 Å². The SMILES string of the molecule is CC1(C)CCC(CNC2CC2)C(C2CCCCC2)C1. The molecule has 0 aromatic rings. The van der Waals surface area contributed by atoms with Gasteiger partial charge in [0.25, 0.3) is 0 Å². The van der Waals surface area contributed by atoms with E-state index in [1.807, 2.05) is 0 Å². The maximum atomic E-state index is 3.82. The van der Waals surface area contributed by atoms with Crippen LogP contribution in [0.15, 0.2) is 0 Å². The third-order valence-electron chi connectivity index (χ3n) is 6.09. The van der Waals surface area contributed by atoms with Crippen molar-refractivity contribution in [2.45, 2.75) is 84.1 Å². The fraction of sp³-hybridized carbons (Fsp3) is 1.00. The third-order valence-corrected chi connectivity index (χ3v) is 6.09. The summed E-state index contributed by atoms with van der Waals surface area (Å²) < 4.78 is 0. The Hall–Kier alpha value is -0.0400. The molecule has 1 N–H and O–H groups in total. The maximum Gasteiger partial charge on any atom is 0.00683 e. The Labute approximate surface area is 119 Å².